The van der Waals surface area contributed by atoms with Crippen LogP contribution >= 0.6 is 0 Å². The van der Waals surface area contributed by atoms with Crippen LogP contribution in [-0.4, -0.2) is 65.1 Å². The van der Waals surface area contributed by atoms with Gasteiger partial charge < -0.3 is 20.4 Å². The van der Waals surface area contributed by atoms with E-state index in [0.717, 1.165) is 30.4 Å². The number of carbonyl (C=O) groups is 4. The number of hydrogen-bond donors (Lipinski definition) is 2. The van der Waals surface area contributed by atoms with E-state index in [1.165, 1.54) is 60.8 Å². The summed E-state index contributed by atoms with van der Waals surface area (Å²) in [4.78, 5) is 58.7. The van der Waals surface area contributed by atoms with E-state index in [2.05, 4.69) is 17.6 Å². The lowest BCUT2D eigenvalue weighted by molar-refractivity contribution is -0.126. The van der Waals surface area contributed by atoms with Crippen molar-refractivity contribution in [3.05, 3.63) is 94.8 Å². The van der Waals surface area contributed by atoms with Crippen molar-refractivity contribution in [3.8, 4) is 11.1 Å². The molecule has 1 atom stereocenters. The smallest absolute Gasteiger partial charge is 0.254 e. The third-order valence-corrected chi connectivity index (χ3v) is 9.86. The molecule has 292 valence electrons. The second kappa shape index (κ2) is 20.8. The van der Waals surface area contributed by atoms with Crippen LogP contribution in [0.5, 0.6) is 0 Å². The van der Waals surface area contributed by atoms with Gasteiger partial charge in [-0.3, -0.25) is 19.2 Å². The molecule has 0 aromatic heterocycles. The Bertz CT molecular complexity index is 1720. The van der Waals surface area contributed by atoms with Gasteiger partial charge in [0.1, 0.15) is 11.9 Å². The van der Waals surface area contributed by atoms with Crippen molar-refractivity contribution in [2.45, 2.75) is 123 Å². The van der Waals surface area contributed by atoms with Crippen LogP contribution in [0.1, 0.15) is 143 Å². The molecule has 0 saturated carbocycles. The zero-order valence-electron chi connectivity index (χ0n) is 33.1. The third kappa shape index (κ3) is 12.8. The van der Waals surface area contributed by atoms with Crippen molar-refractivity contribution >= 4 is 23.6 Å². The SMILES string of the molecule is CCCCCCCCCCCCNC(=O)C(c1cc(C)ccc1F)N1CCCCN(CC(=O)NC(C)(C)C)C(=O)c2cccc(c2)-c2cccc(c2)C1=O. The van der Waals surface area contributed by atoms with Gasteiger partial charge in [0.05, 0.1) is 6.54 Å². The molecule has 1 aliphatic heterocycles. The van der Waals surface area contributed by atoms with Crippen molar-refractivity contribution in [1.29, 1.82) is 0 Å². The molecule has 0 aliphatic carbocycles. The van der Waals surface area contributed by atoms with Gasteiger partial charge in [0.25, 0.3) is 11.8 Å². The van der Waals surface area contributed by atoms with Crippen LogP contribution < -0.4 is 10.6 Å². The number of amides is 4. The van der Waals surface area contributed by atoms with Crippen LogP contribution in [0.4, 0.5) is 4.39 Å². The maximum atomic E-state index is 15.7. The number of hydrogen-bond acceptors (Lipinski definition) is 4. The minimum absolute atomic E-state index is 0.128. The van der Waals surface area contributed by atoms with Crippen LogP contribution in [0.25, 0.3) is 11.1 Å². The van der Waals surface area contributed by atoms with Crippen LogP contribution in [0, 0.1) is 12.7 Å². The molecule has 1 unspecified atom stereocenters. The normalized spacial score (nSPS) is 14.4. The maximum absolute atomic E-state index is 15.7. The summed E-state index contributed by atoms with van der Waals surface area (Å²) in [5.74, 6) is -1.91. The van der Waals surface area contributed by atoms with Crippen molar-refractivity contribution < 1.29 is 23.6 Å². The number of aryl methyl sites for hydroxylation is 1. The summed E-state index contributed by atoms with van der Waals surface area (Å²) in [7, 11) is 0. The first-order valence-electron chi connectivity index (χ1n) is 20.0. The molecule has 54 heavy (non-hydrogen) atoms. The Morgan fingerprint density at radius 3 is 1.91 bits per heavy atom. The van der Waals surface area contributed by atoms with Crippen molar-refractivity contribution in [3.63, 3.8) is 0 Å². The molecule has 4 amide bonds. The van der Waals surface area contributed by atoms with Crippen LogP contribution in [-0.2, 0) is 9.59 Å². The topological polar surface area (TPSA) is 98.8 Å². The molecule has 3 aromatic carbocycles. The first-order valence-corrected chi connectivity index (χ1v) is 20.0. The average Bonchev–Trinajstić information content (AvgIpc) is 3.14. The van der Waals surface area contributed by atoms with Crippen molar-refractivity contribution in [2.75, 3.05) is 26.2 Å². The summed E-state index contributed by atoms with van der Waals surface area (Å²) in [6.45, 7) is 10.4. The van der Waals surface area contributed by atoms with Gasteiger partial charge in [0.2, 0.25) is 11.8 Å². The fourth-order valence-corrected chi connectivity index (χ4v) is 7.07. The average molecular weight is 741 g/mol. The van der Waals surface area contributed by atoms with E-state index in [-0.39, 0.29) is 42.9 Å². The molecule has 2 N–H and O–H groups in total. The Morgan fingerprint density at radius 1 is 0.741 bits per heavy atom. The van der Waals surface area contributed by atoms with Gasteiger partial charge >= 0.3 is 0 Å². The molecule has 4 bridgehead atoms. The van der Waals surface area contributed by atoms with Gasteiger partial charge in [-0.15, -0.1) is 0 Å². The van der Waals surface area contributed by atoms with Gasteiger partial charge in [0, 0.05) is 41.9 Å². The second-order valence-electron chi connectivity index (χ2n) is 15.8. The van der Waals surface area contributed by atoms with Gasteiger partial charge in [-0.05, 0) is 88.4 Å². The number of benzene rings is 3. The molecule has 9 heteroatoms. The Labute approximate surface area is 322 Å². The molecular weight excluding hydrogens is 680 g/mol. The highest BCUT2D eigenvalue weighted by atomic mass is 19.1. The van der Waals surface area contributed by atoms with E-state index in [1.807, 2.05) is 39.8 Å². The number of nitrogens with zero attached hydrogens (tertiary/aromatic N) is 2. The number of carbonyl (C=O) groups excluding carboxylic acids is 4. The van der Waals surface area contributed by atoms with Crippen LogP contribution in [0.2, 0.25) is 0 Å². The minimum atomic E-state index is -1.21. The molecule has 1 heterocycles. The maximum Gasteiger partial charge on any atom is 0.254 e. The lowest BCUT2D eigenvalue weighted by Crippen LogP contribution is -2.47. The highest BCUT2D eigenvalue weighted by molar-refractivity contribution is 6.00. The number of halogens is 1. The zero-order chi connectivity index (χ0) is 39.1. The molecular formula is C45H61FN4O4. The van der Waals surface area contributed by atoms with Gasteiger partial charge in [-0.2, -0.15) is 0 Å². The van der Waals surface area contributed by atoms with E-state index in [1.54, 1.807) is 48.5 Å². The molecule has 0 radical (unpaired) electrons. The summed E-state index contributed by atoms with van der Waals surface area (Å²) >= 11 is 0. The molecule has 0 saturated heterocycles. The fourth-order valence-electron chi connectivity index (χ4n) is 7.07. The minimum Gasteiger partial charge on any atom is -0.354 e. The number of nitrogens with one attached hydrogen (secondary N) is 2. The predicted octanol–water partition coefficient (Wildman–Crippen LogP) is 9.17. The second-order valence-corrected chi connectivity index (χ2v) is 15.8. The first kappa shape index (κ1) is 42.2. The Morgan fingerprint density at radius 2 is 1.30 bits per heavy atom. The van der Waals surface area contributed by atoms with Gasteiger partial charge in [-0.25, -0.2) is 4.39 Å². The van der Waals surface area contributed by atoms with E-state index < -0.39 is 23.3 Å². The molecule has 0 spiro atoms. The first-order chi connectivity index (χ1) is 25.9. The summed E-state index contributed by atoms with van der Waals surface area (Å²) in [6, 6.07) is 17.7. The molecule has 3 aromatic rings. The third-order valence-electron chi connectivity index (χ3n) is 9.86. The standard InChI is InChI=1S/C45H61FN4O4/c1-6-7-8-9-10-11-12-13-14-15-26-47-42(52)41(38-29-33(2)24-25-39(38)46)50-28-17-16-27-49(32-40(51)48-45(3,4)5)43(53)36-22-18-20-34(30-36)35-21-19-23-37(31-35)44(50)54/h18-25,29-31,41H,6-17,26-28,32H2,1-5H3,(H,47,52)(H,48,51). The van der Waals surface area contributed by atoms with Crippen molar-refractivity contribution in [1.82, 2.24) is 20.4 Å². The van der Waals surface area contributed by atoms with Gasteiger partial charge in [0.15, 0.2) is 0 Å². The number of fused-ring (bicyclic) bond motifs is 5. The number of rotatable bonds is 16. The van der Waals surface area contributed by atoms with Gasteiger partial charge in [-0.1, -0.05) is 107 Å². The Balaban J connectivity index is 1.61. The quantitative estimate of drug-likeness (QED) is 0.143. The lowest BCUT2D eigenvalue weighted by Gasteiger charge is -2.32. The molecule has 0 fully saturated rings. The largest absolute Gasteiger partial charge is 0.354 e. The van der Waals surface area contributed by atoms with E-state index in [9.17, 15) is 19.2 Å². The number of unbranched alkanes of at least 4 members (excludes halogenated alkanes) is 9. The lowest BCUT2D eigenvalue weighted by atomic mass is 9.97. The molecule has 1 aliphatic rings. The Kier molecular flexibility index (Phi) is 16.3. The summed E-state index contributed by atoms with van der Waals surface area (Å²) < 4.78 is 15.7. The molecule has 4 rings (SSSR count). The van der Waals surface area contributed by atoms with E-state index in [0.29, 0.717) is 36.1 Å². The fraction of sp³-hybridized carbons (Fsp3) is 0.511. The van der Waals surface area contributed by atoms with E-state index in [4.69, 9.17) is 0 Å². The van der Waals surface area contributed by atoms with Crippen LogP contribution in [0.3, 0.4) is 0 Å². The van der Waals surface area contributed by atoms with Crippen molar-refractivity contribution in [2.24, 2.45) is 0 Å². The predicted molar refractivity (Wildman–Crippen MR) is 215 cm³/mol. The highest BCUT2D eigenvalue weighted by Crippen LogP contribution is 2.30. The molecule has 8 nitrogen and oxygen atoms in total. The summed E-state index contributed by atoms with van der Waals surface area (Å²) in [5.41, 5.74) is 2.70. The Hall–Kier alpha value is -4.53. The monoisotopic (exact) mass is 740 g/mol. The van der Waals surface area contributed by atoms with E-state index >= 15 is 4.39 Å². The highest BCUT2D eigenvalue weighted by Gasteiger charge is 2.34. The zero-order valence-corrected chi connectivity index (χ0v) is 33.1. The van der Waals surface area contributed by atoms with Crippen LogP contribution in [0.15, 0.2) is 66.7 Å². The summed E-state index contributed by atoms with van der Waals surface area (Å²) in [5, 5.41) is 5.99. The summed E-state index contributed by atoms with van der Waals surface area (Å²) in [6.07, 6.45) is 12.5.